The zero-order chi connectivity index (χ0) is 12.4. The van der Waals surface area contributed by atoms with Crippen LogP contribution < -0.4 is 0 Å². The molecule has 0 aliphatic carbocycles. The van der Waals surface area contributed by atoms with Gasteiger partial charge in [0.2, 0.25) is 0 Å². The summed E-state index contributed by atoms with van der Waals surface area (Å²) in [7, 11) is 0. The van der Waals surface area contributed by atoms with Gasteiger partial charge in [0.15, 0.2) is 0 Å². The Kier molecular flexibility index (Phi) is 3.54. The van der Waals surface area contributed by atoms with Crippen LogP contribution in [0.3, 0.4) is 0 Å². The molecule has 0 saturated carbocycles. The number of aromatic carboxylic acids is 1. The third kappa shape index (κ3) is 2.37. The fourth-order valence-corrected chi connectivity index (χ4v) is 2.09. The average Bonchev–Trinajstić information content (AvgIpc) is 2.67. The van der Waals surface area contributed by atoms with Crippen LogP contribution >= 0.6 is 23.4 Å². The topological polar surface area (TPSA) is 68.0 Å². The zero-order valence-corrected chi connectivity index (χ0v) is 10.6. The van der Waals surface area contributed by atoms with E-state index in [1.54, 1.807) is 22.5 Å². The summed E-state index contributed by atoms with van der Waals surface area (Å²) in [6.45, 7) is 0.723. The molecule has 0 atom stereocenters. The molecule has 0 aliphatic heterocycles. The number of carbonyl (C=O) groups is 1. The number of carboxylic acids is 1. The predicted octanol–water partition coefficient (Wildman–Crippen LogP) is 2.15. The second kappa shape index (κ2) is 4.93. The highest BCUT2D eigenvalue weighted by Crippen LogP contribution is 2.22. The summed E-state index contributed by atoms with van der Waals surface area (Å²) < 4.78 is 1.73. The summed E-state index contributed by atoms with van der Waals surface area (Å²) in [5.41, 5.74) is 1.36. The van der Waals surface area contributed by atoms with Crippen LogP contribution in [0.1, 0.15) is 10.4 Å². The van der Waals surface area contributed by atoms with Crippen molar-refractivity contribution < 1.29 is 9.90 Å². The number of nitrogens with zero attached hydrogens (tertiary/aromatic N) is 3. The van der Waals surface area contributed by atoms with Gasteiger partial charge in [0.25, 0.3) is 0 Å². The van der Waals surface area contributed by atoms with Crippen molar-refractivity contribution in [3.8, 4) is 0 Å². The van der Waals surface area contributed by atoms with Gasteiger partial charge in [-0.15, -0.1) is 5.10 Å². The third-order valence-electron chi connectivity index (χ3n) is 2.34. The Morgan fingerprint density at radius 2 is 2.35 bits per heavy atom. The molecule has 0 aliphatic rings. The van der Waals surface area contributed by atoms with Crippen LogP contribution in [-0.2, 0) is 6.54 Å². The first-order valence-electron chi connectivity index (χ1n) is 4.88. The Bertz CT molecular complexity index is 570. The summed E-state index contributed by atoms with van der Waals surface area (Å²) in [6.07, 6.45) is 2.01. The monoisotopic (exact) mass is 271 g/mol. The van der Waals surface area contributed by atoms with Gasteiger partial charge in [-0.3, -0.25) is 0 Å². The first kappa shape index (κ1) is 12.2. The van der Waals surface area contributed by atoms with Crippen LogP contribution in [0.25, 0.3) is 11.0 Å². The van der Waals surface area contributed by atoms with E-state index in [1.165, 1.54) is 6.07 Å². The van der Waals surface area contributed by atoms with E-state index < -0.39 is 5.97 Å². The Morgan fingerprint density at radius 1 is 1.59 bits per heavy atom. The summed E-state index contributed by atoms with van der Waals surface area (Å²) >= 11 is 7.61. The van der Waals surface area contributed by atoms with Gasteiger partial charge in [-0.25, -0.2) is 9.48 Å². The lowest BCUT2D eigenvalue weighted by atomic mass is 10.2. The molecular weight excluding hydrogens is 262 g/mol. The highest BCUT2D eigenvalue weighted by Gasteiger charge is 2.13. The van der Waals surface area contributed by atoms with Crippen LogP contribution in [-0.4, -0.2) is 38.1 Å². The molecule has 17 heavy (non-hydrogen) atoms. The minimum Gasteiger partial charge on any atom is -0.478 e. The molecule has 1 aromatic heterocycles. The molecule has 1 N–H and O–H groups in total. The maximum absolute atomic E-state index is 10.9. The molecular formula is C10H10ClN3O2S. The van der Waals surface area contributed by atoms with Crippen molar-refractivity contribution in [3.05, 3.63) is 22.7 Å². The van der Waals surface area contributed by atoms with Crippen molar-refractivity contribution >= 4 is 40.4 Å². The molecule has 2 rings (SSSR count). The van der Waals surface area contributed by atoms with Gasteiger partial charge in [-0.1, -0.05) is 16.8 Å². The van der Waals surface area contributed by atoms with Crippen LogP contribution in [0, 0.1) is 0 Å². The van der Waals surface area contributed by atoms with E-state index in [9.17, 15) is 4.79 Å². The van der Waals surface area contributed by atoms with Crippen LogP contribution in [0.4, 0.5) is 0 Å². The van der Waals surface area contributed by atoms with E-state index in [0.717, 1.165) is 17.8 Å². The molecule has 0 radical (unpaired) electrons. The smallest absolute Gasteiger partial charge is 0.337 e. The summed E-state index contributed by atoms with van der Waals surface area (Å²) in [5.74, 6) is -0.146. The minimum atomic E-state index is -1.06. The standard InChI is InChI=1S/C10H10ClN3O2S/c1-17-3-2-14-9-5-7(11)6(10(15)16)4-8(9)12-13-14/h4-5H,2-3H2,1H3,(H,15,16). The van der Waals surface area contributed by atoms with Gasteiger partial charge in [-0.2, -0.15) is 11.8 Å². The lowest BCUT2D eigenvalue weighted by Crippen LogP contribution is -2.03. The lowest BCUT2D eigenvalue weighted by molar-refractivity contribution is 0.0697. The fourth-order valence-electron chi connectivity index (χ4n) is 1.50. The number of aromatic nitrogens is 3. The quantitative estimate of drug-likeness (QED) is 0.923. The van der Waals surface area contributed by atoms with E-state index >= 15 is 0 Å². The number of hydrogen-bond acceptors (Lipinski definition) is 4. The molecule has 7 heteroatoms. The van der Waals surface area contributed by atoms with E-state index in [0.29, 0.717) is 5.52 Å². The van der Waals surface area contributed by atoms with Crippen molar-refractivity contribution in [2.75, 3.05) is 12.0 Å². The zero-order valence-electron chi connectivity index (χ0n) is 9.05. The summed E-state index contributed by atoms with van der Waals surface area (Å²) in [5, 5.41) is 17.1. The number of halogens is 1. The highest BCUT2D eigenvalue weighted by molar-refractivity contribution is 7.98. The molecule has 0 amide bonds. The van der Waals surface area contributed by atoms with Crippen molar-refractivity contribution in [2.45, 2.75) is 6.54 Å². The SMILES string of the molecule is CSCCn1nnc2cc(C(=O)O)c(Cl)cc21. The highest BCUT2D eigenvalue weighted by atomic mass is 35.5. The van der Waals surface area contributed by atoms with Crippen LogP contribution in [0.15, 0.2) is 12.1 Å². The molecule has 0 saturated heterocycles. The number of carboxylic acid groups (broad SMARTS) is 1. The Balaban J connectivity index is 2.48. The van der Waals surface area contributed by atoms with Gasteiger partial charge in [-0.05, 0) is 18.4 Å². The number of rotatable bonds is 4. The predicted molar refractivity (Wildman–Crippen MR) is 67.9 cm³/mol. The second-order valence-electron chi connectivity index (χ2n) is 3.43. The number of fused-ring (bicyclic) bond motifs is 1. The largest absolute Gasteiger partial charge is 0.478 e. The maximum atomic E-state index is 10.9. The summed E-state index contributed by atoms with van der Waals surface area (Å²) in [4.78, 5) is 10.9. The number of benzene rings is 1. The molecule has 0 bridgehead atoms. The molecule has 2 aromatic rings. The first-order chi connectivity index (χ1) is 8.13. The molecule has 1 aromatic carbocycles. The molecule has 0 fully saturated rings. The van der Waals surface area contributed by atoms with Crippen molar-refractivity contribution in [2.24, 2.45) is 0 Å². The normalized spacial score (nSPS) is 10.9. The number of thioether (sulfide) groups is 1. The lowest BCUT2D eigenvalue weighted by Gasteiger charge is -2.02. The molecule has 1 heterocycles. The Labute approximate surface area is 107 Å². The second-order valence-corrected chi connectivity index (χ2v) is 4.82. The van der Waals surface area contributed by atoms with E-state index in [1.807, 2.05) is 6.26 Å². The number of aryl methyl sites for hydroxylation is 1. The molecule has 5 nitrogen and oxygen atoms in total. The Hall–Kier alpha value is -1.27. The first-order valence-corrected chi connectivity index (χ1v) is 6.65. The van der Waals surface area contributed by atoms with Gasteiger partial charge in [0.1, 0.15) is 5.52 Å². The van der Waals surface area contributed by atoms with Crippen molar-refractivity contribution in [1.29, 1.82) is 0 Å². The van der Waals surface area contributed by atoms with Crippen LogP contribution in [0.5, 0.6) is 0 Å². The average molecular weight is 272 g/mol. The molecule has 0 unspecified atom stereocenters. The number of hydrogen-bond donors (Lipinski definition) is 1. The van der Waals surface area contributed by atoms with Crippen molar-refractivity contribution in [1.82, 2.24) is 15.0 Å². The van der Waals surface area contributed by atoms with Gasteiger partial charge in [0, 0.05) is 5.75 Å². The fraction of sp³-hybridized carbons (Fsp3) is 0.300. The molecule has 0 spiro atoms. The van der Waals surface area contributed by atoms with E-state index in [2.05, 4.69) is 10.3 Å². The maximum Gasteiger partial charge on any atom is 0.337 e. The van der Waals surface area contributed by atoms with Gasteiger partial charge in [0.05, 0.1) is 22.6 Å². The van der Waals surface area contributed by atoms with Crippen LogP contribution in [0.2, 0.25) is 5.02 Å². The van der Waals surface area contributed by atoms with E-state index in [4.69, 9.17) is 16.7 Å². The third-order valence-corrected chi connectivity index (χ3v) is 3.24. The van der Waals surface area contributed by atoms with E-state index in [-0.39, 0.29) is 10.6 Å². The molecule has 90 valence electrons. The Morgan fingerprint density at radius 3 is 3.00 bits per heavy atom. The van der Waals surface area contributed by atoms with Gasteiger partial charge >= 0.3 is 5.97 Å². The minimum absolute atomic E-state index is 0.0519. The van der Waals surface area contributed by atoms with Crippen molar-refractivity contribution in [3.63, 3.8) is 0 Å². The summed E-state index contributed by atoms with van der Waals surface area (Å²) in [6, 6.07) is 3.04. The van der Waals surface area contributed by atoms with Gasteiger partial charge < -0.3 is 5.11 Å².